The van der Waals surface area contributed by atoms with E-state index in [1.807, 2.05) is 35.2 Å². The monoisotopic (exact) mass is 294 g/mol. The van der Waals surface area contributed by atoms with E-state index in [0.717, 1.165) is 37.3 Å². The first-order valence-electron chi connectivity index (χ1n) is 7.90. The molecular weight excluding hydrogens is 272 g/mol. The third kappa shape index (κ3) is 3.14. The van der Waals surface area contributed by atoms with E-state index in [0.29, 0.717) is 6.42 Å². The maximum Gasteiger partial charge on any atom is 0.227 e. The van der Waals surface area contributed by atoms with Crippen molar-refractivity contribution in [2.75, 3.05) is 29.9 Å². The first-order valence-corrected chi connectivity index (χ1v) is 7.90. The van der Waals surface area contributed by atoms with Crippen molar-refractivity contribution in [1.29, 1.82) is 0 Å². The number of anilines is 2. The van der Waals surface area contributed by atoms with Crippen LogP contribution in [-0.4, -0.2) is 26.0 Å². The Balaban J connectivity index is 1.76. The summed E-state index contributed by atoms with van der Waals surface area (Å²) in [7, 11) is 2.09. The Labute approximate surface area is 132 Å². The van der Waals surface area contributed by atoms with Crippen LogP contribution in [0, 0.1) is 0 Å². The third-order valence-corrected chi connectivity index (χ3v) is 4.23. The van der Waals surface area contributed by atoms with E-state index in [1.54, 1.807) is 0 Å². The maximum atomic E-state index is 12.7. The Morgan fingerprint density at radius 3 is 2.41 bits per heavy atom. The molecule has 0 saturated carbocycles. The highest BCUT2D eigenvalue weighted by Crippen LogP contribution is 2.31. The van der Waals surface area contributed by atoms with Crippen molar-refractivity contribution in [3.05, 3.63) is 60.2 Å². The van der Waals surface area contributed by atoms with Crippen LogP contribution in [0.15, 0.2) is 54.6 Å². The number of carbonyl (C=O) groups is 1. The highest BCUT2D eigenvalue weighted by atomic mass is 16.2. The van der Waals surface area contributed by atoms with Crippen LogP contribution in [0.3, 0.4) is 0 Å². The van der Waals surface area contributed by atoms with Crippen molar-refractivity contribution in [3.8, 4) is 0 Å². The molecule has 2 aromatic carbocycles. The van der Waals surface area contributed by atoms with Crippen molar-refractivity contribution in [1.82, 2.24) is 0 Å². The number of hydrogen-bond acceptors (Lipinski definition) is 2. The van der Waals surface area contributed by atoms with Gasteiger partial charge in [0.1, 0.15) is 0 Å². The number of aryl methyl sites for hydroxylation is 1. The number of rotatable bonds is 3. The van der Waals surface area contributed by atoms with Crippen LogP contribution in [0.2, 0.25) is 0 Å². The predicted molar refractivity (Wildman–Crippen MR) is 91.4 cm³/mol. The molecular formula is C19H22N2O. The molecule has 0 fully saturated rings. The highest BCUT2D eigenvalue weighted by molar-refractivity contribution is 5.97. The molecule has 0 N–H and O–H groups in total. The molecule has 0 aromatic heterocycles. The van der Waals surface area contributed by atoms with Crippen LogP contribution in [-0.2, 0) is 11.2 Å². The average Bonchev–Trinajstić information content (AvgIpc) is 2.73. The van der Waals surface area contributed by atoms with E-state index in [-0.39, 0.29) is 5.91 Å². The molecule has 114 valence electrons. The molecule has 0 atom stereocenters. The van der Waals surface area contributed by atoms with E-state index in [9.17, 15) is 4.79 Å². The first kappa shape index (κ1) is 14.6. The molecule has 0 unspecified atom stereocenters. The Morgan fingerprint density at radius 2 is 1.64 bits per heavy atom. The van der Waals surface area contributed by atoms with Gasteiger partial charge in [0, 0.05) is 26.6 Å². The summed E-state index contributed by atoms with van der Waals surface area (Å²) < 4.78 is 0. The number of amides is 1. The number of benzene rings is 2. The van der Waals surface area contributed by atoms with Gasteiger partial charge in [0.2, 0.25) is 5.91 Å². The van der Waals surface area contributed by atoms with Gasteiger partial charge in [-0.3, -0.25) is 4.79 Å². The Morgan fingerprint density at radius 1 is 0.955 bits per heavy atom. The van der Waals surface area contributed by atoms with E-state index in [2.05, 4.69) is 36.2 Å². The summed E-state index contributed by atoms with van der Waals surface area (Å²) in [6.07, 6.45) is 2.36. The minimum Gasteiger partial charge on any atom is -0.373 e. The van der Waals surface area contributed by atoms with Crippen LogP contribution >= 0.6 is 0 Å². The van der Waals surface area contributed by atoms with E-state index < -0.39 is 0 Å². The molecule has 0 radical (unpaired) electrons. The van der Waals surface area contributed by atoms with Gasteiger partial charge in [0.25, 0.3) is 0 Å². The average molecular weight is 294 g/mol. The molecule has 1 heterocycles. The minimum absolute atomic E-state index is 0.214. The predicted octanol–water partition coefficient (Wildman–Crippen LogP) is 3.49. The lowest BCUT2D eigenvalue weighted by atomic mass is 10.1. The largest absolute Gasteiger partial charge is 0.373 e. The fourth-order valence-electron chi connectivity index (χ4n) is 3.01. The number of fused-ring (bicyclic) bond motifs is 1. The third-order valence-electron chi connectivity index (χ3n) is 4.23. The lowest BCUT2D eigenvalue weighted by molar-refractivity contribution is -0.118. The van der Waals surface area contributed by atoms with Gasteiger partial charge in [-0.15, -0.1) is 0 Å². The number of hydrogen-bond donors (Lipinski definition) is 0. The van der Waals surface area contributed by atoms with E-state index >= 15 is 0 Å². The van der Waals surface area contributed by atoms with Crippen molar-refractivity contribution in [3.63, 3.8) is 0 Å². The zero-order chi connectivity index (χ0) is 15.4. The first-order chi connectivity index (χ1) is 10.8. The molecule has 3 heteroatoms. The minimum atomic E-state index is 0.214. The second kappa shape index (κ2) is 6.65. The highest BCUT2D eigenvalue weighted by Gasteiger charge is 2.22. The molecule has 2 aromatic rings. The molecule has 1 aliphatic rings. The Kier molecular flexibility index (Phi) is 4.42. The van der Waals surface area contributed by atoms with E-state index in [4.69, 9.17) is 0 Å². The quantitative estimate of drug-likeness (QED) is 0.865. The molecule has 0 saturated heterocycles. The second-order valence-corrected chi connectivity index (χ2v) is 5.79. The summed E-state index contributed by atoms with van der Waals surface area (Å²) in [4.78, 5) is 16.9. The van der Waals surface area contributed by atoms with Gasteiger partial charge >= 0.3 is 0 Å². The lowest BCUT2D eigenvalue weighted by Gasteiger charge is -2.24. The molecule has 0 spiro atoms. The zero-order valence-electron chi connectivity index (χ0n) is 13.0. The topological polar surface area (TPSA) is 23.6 Å². The normalized spacial score (nSPS) is 14.4. The van der Waals surface area contributed by atoms with Gasteiger partial charge in [-0.25, -0.2) is 0 Å². The zero-order valence-corrected chi connectivity index (χ0v) is 13.0. The maximum absolute atomic E-state index is 12.7. The second-order valence-electron chi connectivity index (χ2n) is 5.79. The fraction of sp³-hybridized carbons (Fsp3) is 0.316. The number of para-hydroxylation sites is 2. The van der Waals surface area contributed by atoms with Gasteiger partial charge in [0.15, 0.2) is 0 Å². The van der Waals surface area contributed by atoms with Crippen LogP contribution < -0.4 is 9.80 Å². The van der Waals surface area contributed by atoms with Crippen LogP contribution in [0.1, 0.15) is 18.4 Å². The van der Waals surface area contributed by atoms with Gasteiger partial charge in [-0.05, 0) is 30.5 Å². The Bertz CT molecular complexity index is 639. The fourth-order valence-corrected chi connectivity index (χ4v) is 3.01. The number of nitrogens with zero attached hydrogens (tertiary/aromatic N) is 2. The van der Waals surface area contributed by atoms with Gasteiger partial charge in [-0.1, -0.05) is 42.5 Å². The van der Waals surface area contributed by atoms with Crippen molar-refractivity contribution in [2.45, 2.75) is 19.3 Å². The van der Waals surface area contributed by atoms with Gasteiger partial charge in [0.05, 0.1) is 11.4 Å². The van der Waals surface area contributed by atoms with Gasteiger partial charge in [-0.2, -0.15) is 0 Å². The van der Waals surface area contributed by atoms with Crippen LogP contribution in [0.5, 0.6) is 0 Å². The molecule has 3 rings (SSSR count). The summed E-state index contributed by atoms with van der Waals surface area (Å²) >= 11 is 0. The van der Waals surface area contributed by atoms with Crippen LogP contribution in [0.25, 0.3) is 0 Å². The molecule has 3 nitrogen and oxygen atoms in total. The van der Waals surface area contributed by atoms with Crippen molar-refractivity contribution < 1.29 is 4.79 Å². The molecule has 0 aliphatic carbocycles. The standard InChI is InChI=1S/C19H22N2O/c1-20-14-7-15-21(18-11-6-5-10-17(18)20)19(22)13-12-16-8-3-2-4-9-16/h2-6,8-11H,7,12-15H2,1H3. The molecule has 1 aliphatic heterocycles. The van der Waals surface area contributed by atoms with E-state index in [1.165, 1.54) is 5.56 Å². The smallest absolute Gasteiger partial charge is 0.227 e. The summed E-state index contributed by atoms with van der Waals surface area (Å²) in [5.41, 5.74) is 3.41. The summed E-state index contributed by atoms with van der Waals surface area (Å²) in [5.74, 6) is 0.214. The lowest BCUT2D eigenvalue weighted by Crippen LogP contribution is -2.31. The molecule has 22 heavy (non-hydrogen) atoms. The molecule has 0 bridgehead atoms. The Hall–Kier alpha value is -2.29. The summed E-state index contributed by atoms with van der Waals surface area (Å²) in [6.45, 7) is 1.79. The molecule has 1 amide bonds. The van der Waals surface area contributed by atoms with Crippen LogP contribution in [0.4, 0.5) is 11.4 Å². The van der Waals surface area contributed by atoms with Crippen molar-refractivity contribution in [2.24, 2.45) is 0 Å². The van der Waals surface area contributed by atoms with Crippen molar-refractivity contribution >= 4 is 17.3 Å². The van der Waals surface area contributed by atoms with Gasteiger partial charge < -0.3 is 9.80 Å². The summed E-state index contributed by atoms with van der Waals surface area (Å²) in [6, 6.07) is 18.4. The summed E-state index contributed by atoms with van der Waals surface area (Å²) in [5, 5.41) is 0. The SMILES string of the molecule is CN1CCCN(C(=O)CCc2ccccc2)c2ccccc21. The number of carbonyl (C=O) groups excluding carboxylic acids is 1.